The molecular weight excluding hydrogens is 211 g/mol. The molecular formula is C8H10Cl2N2O. The van der Waals surface area contributed by atoms with Gasteiger partial charge in [-0.05, 0) is 12.2 Å². The van der Waals surface area contributed by atoms with E-state index in [1.165, 1.54) is 6.92 Å². The van der Waals surface area contributed by atoms with E-state index >= 15 is 0 Å². The van der Waals surface area contributed by atoms with Crippen LogP contribution in [-0.4, -0.2) is 17.5 Å². The van der Waals surface area contributed by atoms with Gasteiger partial charge < -0.3 is 10.6 Å². The predicted molar refractivity (Wildman–Crippen MR) is 53.5 cm³/mol. The Morgan fingerprint density at radius 3 is 2.92 bits per heavy atom. The number of carbonyl (C=O) groups is 1. The molecule has 13 heavy (non-hydrogen) atoms. The highest BCUT2D eigenvalue weighted by atomic mass is 35.5. The van der Waals surface area contributed by atoms with E-state index in [1.807, 2.05) is 0 Å². The Morgan fingerprint density at radius 2 is 2.46 bits per heavy atom. The van der Waals surface area contributed by atoms with Crippen molar-refractivity contribution >= 4 is 29.1 Å². The second kappa shape index (κ2) is 4.03. The van der Waals surface area contributed by atoms with E-state index in [1.54, 1.807) is 18.4 Å². The second-order valence-electron chi connectivity index (χ2n) is 2.78. The van der Waals surface area contributed by atoms with Gasteiger partial charge in [0.2, 0.25) is 5.91 Å². The van der Waals surface area contributed by atoms with E-state index in [2.05, 4.69) is 10.6 Å². The molecule has 1 heterocycles. The molecule has 72 valence electrons. The standard InChI is InChI=1S/C8H10Cl2N2O/c1-6(13)11-5-8(10)3-2-7(9)4-12-8/h2-4,12H,5H2,1H3,(H,11,13). The summed E-state index contributed by atoms with van der Waals surface area (Å²) in [5, 5.41) is 6.07. The molecule has 0 fully saturated rings. The first-order valence-corrected chi connectivity index (χ1v) is 4.53. The number of alkyl halides is 1. The van der Waals surface area contributed by atoms with Gasteiger partial charge in [0.05, 0.1) is 11.6 Å². The Hall–Kier alpha value is -0.670. The summed E-state index contributed by atoms with van der Waals surface area (Å²) < 4.78 is 0. The largest absolute Gasteiger partial charge is 0.367 e. The zero-order valence-electron chi connectivity index (χ0n) is 7.10. The van der Waals surface area contributed by atoms with Crippen molar-refractivity contribution in [3.05, 3.63) is 23.4 Å². The highest BCUT2D eigenvalue weighted by Gasteiger charge is 2.24. The number of rotatable bonds is 2. The molecule has 1 aliphatic heterocycles. The lowest BCUT2D eigenvalue weighted by Gasteiger charge is -2.26. The fourth-order valence-corrected chi connectivity index (χ4v) is 1.16. The third kappa shape index (κ3) is 3.28. The number of hydrogen-bond donors (Lipinski definition) is 2. The fraction of sp³-hybridized carbons (Fsp3) is 0.375. The van der Waals surface area contributed by atoms with Crippen LogP contribution >= 0.6 is 23.2 Å². The van der Waals surface area contributed by atoms with E-state index in [4.69, 9.17) is 23.2 Å². The third-order valence-electron chi connectivity index (χ3n) is 1.55. The average Bonchev–Trinajstić information content (AvgIpc) is 2.08. The molecule has 0 aromatic heterocycles. The van der Waals surface area contributed by atoms with Gasteiger partial charge in [0.25, 0.3) is 0 Å². The highest BCUT2D eigenvalue weighted by molar-refractivity contribution is 6.32. The SMILES string of the molecule is CC(=O)NCC1(Cl)C=CC(Cl)=CN1. The smallest absolute Gasteiger partial charge is 0.217 e. The van der Waals surface area contributed by atoms with E-state index in [-0.39, 0.29) is 5.91 Å². The van der Waals surface area contributed by atoms with E-state index in [0.717, 1.165) is 0 Å². The molecule has 1 atom stereocenters. The molecule has 1 rings (SSSR count). The van der Waals surface area contributed by atoms with Crippen LogP contribution in [0.1, 0.15) is 6.92 Å². The Bertz CT molecular complexity index is 275. The van der Waals surface area contributed by atoms with Crippen molar-refractivity contribution in [1.29, 1.82) is 0 Å². The molecule has 0 aromatic carbocycles. The van der Waals surface area contributed by atoms with Crippen molar-refractivity contribution < 1.29 is 4.79 Å². The maximum Gasteiger partial charge on any atom is 0.217 e. The molecule has 1 unspecified atom stereocenters. The minimum Gasteiger partial charge on any atom is -0.367 e. The van der Waals surface area contributed by atoms with Gasteiger partial charge in [0.1, 0.15) is 5.00 Å². The van der Waals surface area contributed by atoms with Gasteiger partial charge in [-0.15, -0.1) is 0 Å². The van der Waals surface area contributed by atoms with Gasteiger partial charge in [-0.3, -0.25) is 4.79 Å². The summed E-state index contributed by atoms with van der Waals surface area (Å²) in [6.07, 6.45) is 4.98. The van der Waals surface area contributed by atoms with Crippen LogP contribution in [0, 0.1) is 0 Å². The minimum absolute atomic E-state index is 0.115. The van der Waals surface area contributed by atoms with E-state index < -0.39 is 5.00 Å². The van der Waals surface area contributed by atoms with Gasteiger partial charge in [-0.25, -0.2) is 0 Å². The zero-order valence-corrected chi connectivity index (χ0v) is 8.62. The first-order chi connectivity index (χ1) is 6.02. The van der Waals surface area contributed by atoms with Crippen molar-refractivity contribution in [2.75, 3.05) is 6.54 Å². The maximum absolute atomic E-state index is 10.6. The first kappa shape index (κ1) is 10.4. The molecule has 1 amide bonds. The number of halogens is 2. The number of allylic oxidation sites excluding steroid dienone is 2. The molecule has 0 radical (unpaired) electrons. The molecule has 0 saturated heterocycles. The Morgan fingerprint density at radius 1 is 1.77 bits per heavy atom. The van der Waals surface area contributed by atoms with Crippen LogP contribution < -0.4 is 10.6 Å². The number of hydrogen-bond acceptors (Lipinski definition) is 2. The van der Waals surface area contributed by atoms with Crippen LogP contribution in [0.3, 0.4) is 0 Å². The Labute approximate surface area is 86.8 Å². The summed E-state index contributed by atoms with van der Waals surface area (Å²) in [6, 6.07) is 0. The van der Waals surface area contributed by atoms with Crippen LogP contribution in [0.4, 0.5) is 0 Å². The van der Waals surface area contributed by atoms with Crippen molar-refractivity contribution in [2.45, 2.75) is 11.9 Å². The van der Waals surface area contributed by atoms with Gasteiger partial charge >= 0.3 is 0 Å². The molecule has 0 bridgehead atoms. The summed E-state index contributed by atoms with van der Waals surface area (Å²) in [5.74, 6) is -0.115. The quantitative estimate of drug-likeness (QED) is 0.545. The summed E-state index contributed by atoms with van der Waals surface area (Å²) in [7, 11) is 0. The third-order valence-corrected chi connectivity index (χ3v) is 2.16. The van der Waals surface area contributed by atoms with E-state index in [0.29, 0.717) is 11.6 Å². The lowest BCUT2D eigenvalue weighted by Crippen LogP contribution is -2.46. The van der Waals surface area contributed by atoms with Crippen LogP contribution in [-0.2, 0) is 4.79 Å². The van der Waals surface area contributed by atoms with Gasteiger partial charge in [-0.2, -0.15) is 0 Å². The first-order valence-electron chi connectivity index (χ1n) is 3.78. The van der Waals surface area contributed by atoms with Crippen molar-refractivity contribution in [3.63, 3.8) is 0 Å². The molecule has 0 saturated carbocycles. The Balaban J connectivity index is 2.50. The van der Waals surface area contributed by atoms with Crippen molar-refractivity contribution in [3.8, 4) is 0 Å². The molecule has 0 aliphatic carbocycles. The molecule has 1 aliphatic rings. The molecule has 3 nitrogen and oxygen atoms in total. The molecule has 2 N–H and O–H groups in total. The summed E-state index contributed by atoms with van der Waals surface area (Å²) in [4.78, 5) is 9.87. The molecule has 0 spiro atoms. The number of amides is 1. The van der Waals surface area contributed by atoms with Crippen molar-refractivity contribution in [1.82, 2.24) is 10.6 Å². The highest BCUT2D eigenvalue weighted by Crippen LogP contribution is 2.19. The monoisotopic (exact) mass is 220 g/mol. The lowest BCUT2D eigenvalue weighted by atomic mass is 10.2. The van der Waals surface area contributed by atoms with Crippen LogP contribution in [0.25, 0.3) is 0 Å². The van der Waals surface area contributed by atoms with Gasteiger partial charge in [0.15, 0.2) is 0 Å². The lowest BCUT2D eigenvalue weighted by molar-refractivity contribution is -0.119. The molecule has 0 aromatic rings. The molecule has 5 heteroatoms. The number of carbonyl (C=O) groups excluding carboxylic acids is 1. The van der Waals surface area contributed by atoms with Gasteiger partial charge in [0, 0.05) is 13.1 Å². The number of dihydropyridines is 1. The average molecular weight is 221 g/mol. The Kier molecular flexibility index (Phi) is 3.22. The van der Waals surface area contributed by atoms with E-state index in [9.17, 15) is 4.79 Å². The van der Waals surface area contributed by atoms with Crippen molar-refractivity contribution in [2.24, 2.45) is 0 Å². The van der Waals surface area contributed by atoms with Crippen LogP contribution in [0.5, 0.6) is 0 Å². The van der Waals surface area contributed by atoms with Gasteiger partial charge in [-0.1, -0.05) is 23.2 Å². The fourth-order valence-electron chi connectivity index (χ4n) is 0.860. The summed E-state index contributed by atoms with van der Waals surface area (Å²) in [6.45, 7) is 1.76. The normalized spacial score (nSPS) is 26.2. The predicted octanol–water partition coefficient (Wildman–Crippen LogP) is 1.30. The van der Waals surface area contributed by atoms with Crippen LogP contribution in [0.2, 0.25) is 0 Å². The summed E-state index contributed by atoms with van der Waals surface area (Å²) in [5.41, 5.74) is 0. The zero-order chi connectivity index (χ0) is 9.90. The van der Waals surface area contributed by atoms with Crippen LogP contribution in [0.15, 0.2) is 23.4 Å². The summed E-state index contributed by atoms with van der Waals surface area (Å²) >= 11 is 11.7. The topological polar surface area (TPSA) is 41.1 Å². The maximum atomic E-state index is 10.6. The number of nitrogens with one attached hydrogen (secondary N) is 2. The minimum atomic E-state index is -0.760. The second-order valence-corrected chi connectivity index (χ2v) is 3.89.